The molecular formula is C15H27NO3. The first-order chi connectivity index (χ1) is 8.70. The second kappa shape index (κ2) is 5.93. The fraction of sp³-hybridized carbons (Fsp3) is 0.867. The zero-order chi connectivity index (χ0) is 14.8. The van der Waals surface area contributed by atoms with Crippen molar-refractivity contribution in [2.75, 3.05) is 6.54 Å². The summed E-state index contributed by atoms with van der Waals surface area (Å²) in [6.45, 7) is 10.4. The van der Waals surface area contributed by atoms with Gasteiger partial charge in [0.25, 0.3) is 0 Å². The summed E-state index contributed by atoms with van der Waals surface area (Å²) in [5.74, 6) is -0.512. The average molecular weight is 269 g/mol. The SMILES string of the molecule is CC(C)C1CCCN1C(=O)CC(C)(C(=O)O)C(C)C. The van der Waals surface area contributed by atoms with Crippen LogP contribution in [0.4, 0.5) is 0 Å². The number of amides is 1. The normalized spacial score (nSPS) is 22.9. The molecule has 19 heavy (non-hydrogen) atoms. The fourth-order valence-electron chi connectivity index (χ4n) is 2.74. The Labute approximate surface area is 116 Å². The lowest BCUT2D eigenvalue weighted by Crippen LogP contribution is -2.44. The van der Waals surface area contributed by atoms with E-state index in [1.165, 1.54) is 0 Å². The van der Waals surface area contributed by atoms with Gasteiger partial charge in [-0.1, -0.05) is 27.7 Å². The number of hydrogen-bond donors (Lipinski definition) is 1. The molecule has 4 nitrogen and oxygen atoms in total. The molecule has 0 bridgehead atoms. The minimum atomic E-state index is -0.971. The number of carboxylic acid groups (broad SMARTS) is 1. The number of nitrogens with zero attached hydrogens (tertiary/aromatic N) is 1. The summed E-state index contributed by atoms with van der Waals surface area (Å²) in [5, 5.41) is 9.40. The molecule has 110 valence electrons. The molecule has 1 N–H and O–H groups in total. The second-order valence-corrected chi connectivity index (χ2v) is 6.59. The van der Waals surface area contributed by atoms with E-state index < -0.39 is 11.4 Å². The zero-order valence-corrected chi connectivity index (χ0v) is 12.8. The van der Waals surface area contributed by atoms with Gasteiger partial charge < -0.3 is 10.0 Å². The van der Waals surface area contributed by atoms with Crippen LogP contribution >= 0.6 is 0 Å². The van der Waals surface area contributed by atoms with Gasteiger partial charge in [0.05, 0.1) is 5.41 Å². The molecule has 0 saturated carbocycles. The van der Waals surface area contributed by atoms with Gasteiger partial charge in [0, 0.05) is 19.0 Å². The lowest BCUT2D eigenvalue weighted by atomic mass is 9.76. The van der Waals surface area contributed by atoms with E-state index in [9.17, 15) is 14.7 Å². The first-order valence-electron chi connectivity index (χ1n) is 7.23. The Kier molecular flexibility index (Phi) is 4.99. The maximum absolute atomic E-state index is 12.4. The van der Waals surface area contributed by atoms with E-state index >= 15 is 0 Å². The number of rotatable bonds is 5. The van der Waals surface area contributed by atoms with Gasteiger partial charge in [-0.2, -0.15) is 0 Å². The van der Waals surface area contributed by atoms with Crippen LogP contribution in [0.15, 0.2) is 0 Å². The Morgan fingerprint density at radius 3 is 2.32 bits per heavy atom. The highest BCUT2D eigenvalue weighted by atomic mass is 16.4. The summed E-state index contributed by atoms with van der Waals surface area (Å²) >= 11 is 0. The lowest BCUT2D eigenvalue weighted by Gasteiger charge is -2.33. The fourth-order valence-corrected chi connectivity index (χ4v) is 2.74. The highest BCUT2D eigenvalue weighted by Crippen LogP contribution is 2.34. The topological polar surface area (TPSA) is 57.6 Å². The number of carbonyl (C=O) groups is 2. The van der Waals surface area contributed by atoms with Gasteiger partial charge in [-0.05, 0) is 31.6 Å². The van der Waals surface area contributed by atoms with Gasteiger partial charge in [-0.15, -0.1) is 0 Å². The van der Waals surface area contributed by atoms with E-state index in [-0.39, 0.29) is 24.3 Å². The molecule has 1 aliphatic heterocycles. The molecule has 2 atom stereocenters. The zero-order valence-electron chi connectivity index (χ0n) is 12.8. The minimum Gasteiger partial charge on any atom is -0.481 e. The number of carbonyl (C=O) groups excluding carboxylic acids is 1. The summed E-state index contributed by atoms with van der Waals surface area (Å²) in [5.41, 5.74) is -0.971. The van der Waals surface area contributed by atoms with E-state index in [4.69, 9.17) is 0 Å². The maximum Gasteiger partial charge on any atom is 0.310 e. The largest absolute Gasteiger partial charge is 0.481 e. The van der Waals surface area contributed by atoms with Crippen LogP contribution < -0.4 is 0 Å². The molecule has 0 aromatic carbocycles. The smallest absolute Gasteiger partial charge is 0.310 e. The van der Waals surface area contributed by atoms with Gasteiger partial charge in [0.1, 0.15) is 0 Å². The third-order valence-corrected chi connectivity index (χ3v) is 4.67. The van der Waals surface area contributed by atoms with Crippen molar-refractivity contribution in [3.05, 3.63) is 0 Å². The van der Waals surface area contributed by atoms with Crippen LogP contribution in [-0.2, 0) is 9.59 Å². The Bertz CT molecular complexity index is 351. The summed E-state index contributed by atoms with van der Waals surface area (Å²) in [4.78, 5) is 25.8. The summed E-state index contributed by atoms with van der Waals surface area (Å²) in [6.07, 6.45) is 2.16. The van der Waals surface area contributed by atoms with E-state index in [2.05, 4.69) is 13.8 Å². The Hall–Kier alpha value is -1.06. The van der Waals surface area contributed by atoms with Crippen LogP contribution in [0.3, 0.4) is 0 Å². The van der Waals surface area contributed by atoms with Crippen molar-refractivity contribution in [2.45, 2.75) is 59.9 Å². The molecule has 1 heterocycles. The summed E-state index contributed by atoms with van der Waals surface area (Å²) < 4.78 is 0. The van der Waals surface area contributed by atoms with Gasteiger partial charge in [0.15, 0.2) is 0 Å². The van der Waals surface area contributed by atoms with Crippen LogP contribution in [0.5, 0.6) is 0 Å². The highest BCUT2D eigenvalue weighted by Gasteiger charge is 2.41. The quantitative estimate of drug-likeness (QED) is 0.835. The minimum absolute atomic E-state index is 0.00481. The monoisotopic (exact) mass is 269 g/mol. The number of hydrogen-bond acceptors (Lipinski definition) is 2. The molecule has 0 aromatic heterocycles. The average Bonchev–Trinajstić information content (AvgIpc) is 2.76. The molecule has 4 heteroatoms. The Balaban J connectivity index is 2.81. The number of aliphatic carboxylic acids is 1. The van der Waals surface area contributed by atoms with Crippen molar-refractivity contribution in [3.8, 4) is 0 Å². The number of carboxylic acids is 1. The summed E-state index contributed by atoms with van der Waals surface area (Å²) in [6, 6.07) is 0.276. The van der Waals surface area contributed by atoms with Crippen LogP contribution in [0.25, 0.3) is 0 Å². The van der Waals surface area contributed by atoms with Crippen molar-refractivity contribution in [3.63, 3.8) is 0 Å². The van der Waals surface area contributed by atoms with Crippen LogP contribution in [0.1, 0.15) is 53.9 Å². The molecule has 0 aromatic rings. The third kappa shape index (κ3) is 3.28. The Morgan fingerprint density at radius 1 is 1.32 bits per heavy atom. The first-order valence-corrected chi connectivity index (χ1v) is 7.23. The van der Waals surface area contributed by atoms with Gasteiger partial charge in [-0.25, -0.2) is 0 Å². The second-order valence-electron chi connectivity index (χ2n) is 6.59. The Morgan fingerprint density at radius 2 is 1.89 bits per heavy atom. The van der Waals surface area contributed by atoms with Gasteiger partial charge in [0.2, 0.25) is 5.91 Å². The number of likely N-dealkylation sites (tertiary alicyclic amines) is 1. The molecule has 1 rings (SSSR count). The molecule has 1 fully saturated rings. The lowest BCUT2D eigenvalue weighted by molar-refractivity contribution is -0.156. The van der Waals surface area contributed by atoms with Gasteiger partial charge in [-0.3, -0.25) is 9.59 Å². The molecule has 1 aliphatic rings. The molecule has 2 unspecified atom stereocenters. The molecule has 0 radical (unpaired) electrons. The van der Waals surface area contributed by atoms with Crippen LogP contribution in [0, 0.1) is 17.3 Å². The predicted molar refractivity (Wildman–Crippen MR) is 74.8 cm³/mol. The van der Waals surface area contributed by atoms with Crippen molar-refractivity contribution in [1.29, 1.82) is 0 Å². The predicted octanol–water partition coefficient (Wildman–Crippen LogP) is 2.77. The van der Waals surface area contributed by atoms with Crippen LogP contribution in [0.2, 0.25) is 0 Å². The van der Waals surface area contributed by atoms with E-state index in [1.807, 2.05) is 18.7 Å². The van der Waals surface area contributed by atoms with Crippen LogP contribution in [-0.4, -0.2) is 34.5 Å². The van der Waals surface area contributed by atoms with Crippen molar-refractivity contribution in [2.24, 2.45) is 17.3 Å². The van der Waals surface area contributed by atoms with E-state index in [0.717, 1.165) is 19.4 Å². The van der Waals surface area contributed by atoms with Crippen molar-refractivity contribution in [1.82, 2.24) is 4.90 Å². The standard InChI is InChI=1S/C15H27NO3/c1-10(2)12-7-6-8-16(12)13(17)9-15(5,11(3)4)14(18)19/h10-12H,6-9H2,1-5H3,(H,18,19). The van der Waals surface area contributed by atoms with Crippen molar-refractivity contribution < 1.29 is 14.7 Å². The molecule has 1 saturated heterocycles. The van der Waals surface area contributed by atoms with Gasteiger partial charge >= 0.3 is 5.97 Å². The molecule has 1 amide bonds. The molecule has 0 aliphatic carbocycles. The van der Waals surface area contributed by atoms with E-state index in [1.54, 1.807) is 6.92 Å². The van der Waals surface area contributed by atoms with Crippen molar-refractivity contribution >= 4 is 11.9 Å². The maximum atomic E-state index is 12.4. The molecule has 0 spiro atoms. The first kappa shape index (κ1) is 16.0. The van der Waals surface area contributed by atoms with E-state index in [0.29, 0.717) is 5.92 Å². The highest BCUT2D eigenvalue weighted by molar-refractivity contribution is 5.85. The third-order valence-electron chi connectivity index (χ3n) is 4.67. The summed E-state index contributed by atoms with van der Waals surface area (Å²) in [7, 11) is 0. The molecular weight excluding hydrogens is 242 g/mol.